The lowest BCUT2D eigenvalue weighted by molar-refractivity contribution is -0.144. The van der Waals surface area contributed by atoms with E-state index in [4.69, 9.17) is 10.5 Å². The first-order valence-corrected chi connectivity index (χ1v) is 5.94. The van der Waals surface area contributed by atoms with Gasteiger partial charge in [0.15, 0.2) is 0 Å². The van der Waals surface area contributed by atoms with Crippen molar-refractivity contribution in [3.63, 3.8) is 0 Å². The van der Waals surface area contributed by atoms with Crippen LogP contribution in [0.25, 0.3) is 0 Å². The molecule has 0 saturated heterocycles. The molecular formula is C12H17NO2S. The van der Waals surface area contributed by atoms with E-state index in [0.717, 1.165) is 12.8 Å². The van der Waals surface area contributed by atoms with E-state index < -0.39 is 6.04 Å². The summed E-state index contributed by atoms with van der Waals surface area (Å²) in [4.78, 5) is 11.2. The first-order valence-electron chi connectivity index (χ1n) is 5.31. The van der Waals surface area contributed by atoms with Crippen LogP contribution < -0.4 is 5.73 Å². The van der Waals surface area contributed by atoms with Crippen LogP contribution in [0.1, 0.15) is 12.0 Å². The molecule has 0 aliphatic rings. The van der Waals surface area contributed by atoms with Crippen LogP contribution in [-0.4, -0.2) is 24.4 Å². The van der Waals surface area contributed by atoms with E-state index in [1.165, 1.54) is 5.56 Å². The summed E-state index contributed by atoms with van der Waals surface area (Å²) in [5, 5.41) is 0. The Bertz CT molecular complexity index is 316. The van der Waals surface area contributed by atoms with E-state index in [1.54, 1.807) is 0 Å². The number of rotatable bonds is 6. The zero-order valence-electron chi connectivity index (χ0n) is 9.13. The number of hydrogen-bond donors (Lipinski definition) is 2. The fourth-order valence-electron chi connectivity index (χ4n) is 1.28. The van der Waals surface area contributed by atoms with Crippen LogP contribution >= 0.6 is 12.6 Å². The molecule has 0 saturated carbocycles. The average Bonchev–Trinajstić information content (AvgIpc) is 2.34. The summed E-state index contributed by atoms with van der Waals surface area (Å²) in [6.07, 6.45) is 1.72. The maximum Gasteiger partial charge on any atom is 0.323 e. The lowest BCUT2D eigenvalue weighted by Gasteiger charge is -2.08. The van der Waals surface area contributed by atoms with Gasteiger partial charge in [0.25, 0.3) is 0 Å². The van der Waals surface area contributed by atoms with E-state index in [1.807, 2.05) is 18.2 Å². The molecule has 0 aromatic heterocycles. The van der Waals surface area contributed by atoms with Crippen molar-refractivity contribution in [2.45, 2.75) is 18.9 Å². The maximum atomic E-state index is 11.2. The monoisotopic (exact) mass is 239 g/mol. The van der Waals surface area contributed by atoms with Crippen molar-refractivity contribution in [2.24, 2.45) is 5.73 Å². The molecule has 1 rings (SSSR count). The first-order chi connectivity index (χ1) is 7.74. The highest BCUT2D eigenvalue weighted by molar-refractivity contribution is 7.80. The highest BCUT2D eigenvalue weighted by atomic mass is 32.1. The molecule has 88 valence electrons. The summed E-state index contributed by atoms with van der Waals surface area (Å²) in [6, 6.07) is 9.48. The Kier molecular flexibility index (Phi) is 5.96. The molecule has 1 aromatic rings. The van der Waals surface area contributed by atoms with Crippen LogP contribution in [0.2, 0.25) is 0 Å². The molecule has 0 aliphatic heterocycles. The summed E-state index contributed by atoms with van der Waals surface area (Å²) in [7, 11) is 0. The minimum Gasteiger partial charge on any atom is -0.464 e. The number of carbonyl (C=O) groups excluding carboxylic acids is 1. The molecule has 0 bridgehead atoms. The van der Waals surface area contributed by atoms with Gasteiger partial charge in [-0.1, -0.05) is 30.3 Å². The van der Waals surface area contributed by atoms with E-state index in [-0.39, 0.29) is 5.97 Å². The van der Waals surface area contributed by atoms with Crippen LogP contribution in [0.4, 0.5) is 0 Å². The fourth-order valence-corrected chi connectivity index (χ4v) is 1.42. The summed E-state index contributed by atoms with van der Waals surface area (Å²) in [6.45, 7) is 0.412. The van der Waals surface area contributed by atoms with Crippen LogP contribution in [0.5, 0.6) is 0 Å². The van der Waals surface area contributed by atoms with Gasteiger partial charge in [0.1, 0.15) is 6.04 Å². The van der Waals surface area contributed by atoms with Gasteiger partial charge in [-0.2, -0.15) is 12.6 Å². The molecule has 1 atom stereocenters. The Hall–Kier alpha value is -1.00. The largest absolute Gasteiger partial charge is 0.464 e. The second kappa shape index (κ2) is 7.30. The molecule has 0 heterocycles. The number of nitrogens with two attached hydrogens (primary N) is 1. The molecule has 0 amide bonds. The second-order valence-electron chi connectivity index (χ2n) is 3.55. The molecule has 0 fully saturated rings. The van der Waals surface area contributed by atoms with Gasteiger partial charge in [-0.05, 0) is 18.4 Å². The van der Waals surface area contributed by atoms with Crippen molar-refractivity contribution >= 4 is 18.6 Å². The smallest absolute Gasteiger partial charge is 0.323 e. The summed E-state index contributed by atoms with van der Waals surface area (Å²) < 4.78 is 5.00. The highest BCUT2D eigenvalue weighted by Crippen LogP contribution is 2.02. The SMILES string of the molecule is N[C@H](CS)C(=O)OCCCc1ccccc1. The van der Waals surface area contributed by atoms with E-state index in [0.29, 0.717) is 12.4 Å². The Labute approximate surface area is 101 Å². The van der Waals surface area contributed by atoms with E-state index in [9.17, 15) is 4.79 Å². The summed E-state index contributed by atoms with van der Waals surface area (Å²) in [5.74, 6) is -0.0552. The number of thiol groups is 1. The third-order valence-corrected chi connectivity index (χ3v) is 2.59. The number of aryl methyl sites for hydroxylation is 1. The minimum absolute atomic E-state index is 0.317. The zero-order chi connectivity index (χ0) is 11.8. The molecule has 16 heavy (non-hydrogen) atoms. The van der Waals surface area contributed by atoms with Crippen LogP contribution in [-0.2, 0) is 16.0 Å². The quantitative estimate of drug-likeness (QED) is 0.448. The van der Waals surface area contributed by atoms with Crippen molar-refractivity contribution in [3.8, 4) is 0 Å². The predicted molar refractivity (Wildman–Crippen MR) is 67.6 cm³/mol. The molecule has 0 spiro atoms. The molecule has 1 aromatic carbocycles. The van der Waals surface area contributed by atoms with Crippen molar-refractivity contribution in [1.82, 2.24) is 0 Å². The van der Waals surface area contributed by atoms with Crippen LogP contribution in [0.15, 0.2) is 30.3 Å². The third kappa shape index (κ3) is 4.68. The van der Waals surface area contributed by atoms with E-state index in [2.05, 4.69) is 24.8 Å². The minimum atomic E-state index is -0.611. The number of ether oxygens (including phenoxy) is 1. The molecular weight excluding hydrogens is 222 g/mol. The van der Waals surface area contributed by atoms with Crippen molar-refractivity contribution < 1.29 is 9.53 Å². The van der Waals surface area contributed by atoms with Crippen molar-refractivity contribution in [1.29, 1.82) is 0 Å². The van der Waals surface area contributed by atoms with Gasteiger partial charge in [0, 0.05) is 5.75 Å². The number of benzene rings is 1. The number of esters is 1. The average molecular weight is 239 g/mol. The van der Waals surface area contributed by atoms with E-state index >= 15 is 0 Å². The summed E-state index contributed by atoms with van der Waals surface area (Å²) in [5.41, 5.74) is 6.71. The normalized spacial score (nSPS) is 12.1. The van der Waals surface area contributed by atoms with Crippen molar-refractivity contribution in [2.75, 3.05) is 12.4 Å². The van der Waals surface area contributed by atoms with Gasteiger partial charge >= 0.3 is 5.97 Å². The maximum absolute atomic E-state index is 11.2. The number of hydrogen-bond acceptors (Lipinski definition) is 4. The highest BCUT2D eigenvalue weighted by Gasteiger charge is 2.11. The van der Waals surface area contributed by atoms with Crippen molar-refractivity contribution in [3.05, 3.63) is 35.9 Å². The molecule has 0 aliphatic carbocycles. The first kappa shape index (κ1) is 13.1. The predicted octanol–water partition coefficient (Wildman–Crippen LogP) is 1.42. The molecule has 2 N–H and O–H groups in total. The second-order valence-corrected chi connectivity index (χ2v) is 3.91. The fraction of sp³-hybridized carbons (Fsp3) is 0.417. The molecule has 0 radical (unpaired) electrons. The topological polar surface area (TPSA) is 52.3 Å². The van der Waals surface area contributed by atoms with Gasteiger partial charge in [-0.25, -0.2) is 0 Å². The van der Waals surface area contributed by atoms with Crippen LogP contribution in [0, 0.1) is 0 Å². The lowest BCUT2D eigenvalue weighted by atomic mass is 10.1. The molecule has 4 heteroatoms. The Morgan fingerprint density at radius 2 is 2.06 bits per heavy atom. The standard InChI is InChI=1S/C12H17NO2S/c13-11(9-16)12(14)15-8-4-7-10-5-2-1-3-6-10/h1-3,5-6,11,16H,4,7-9,13H2/t11-/m1/s1. The van der Waals surface area contributed by atoms with Gasteiger partial charge < -0.3 is 10.5 Å². The molecule has 0 unspecified atom stereocenters. The van der Waals surface area contributed by atoms with Gasteiger partial charge in [0.2, 0.25) is 0 Å². The van der Waals surface area contributed by atoms with Crippen LogP contribution in [0.3, 0.4) is 0 Å². The Morgan fingerprint density at radius 1 is 1.38 bits per heavy atom. The van der Waals surface area contributed by atoms with Gasteiger partial charge in [-0.3, -0.25) is 4.79 Å². The van der Waals surface area contributed by atoms with Gasteiger partial charge in [0.05, 0.1) is 6.61 Å². The van der Waals surface area contributed by atoms with Gasteiger partial charge in [-0.15, -0.1) is 0 Å². The zero-order valence-corrected chi connectivity index (χ0v) is 10.0. The molecule has 3 nitrogen and oxygen atoms in total. The number of carbonyl (C=O) groups is 1. The Morgan fingerprint density at radius 3 is 2.69 bits per heavy atom. The summed E-state index contributed by atoms with van der Waals surface area (Å²) >= 11 is 3.93. The Balaban J connectivity index is 2.15. The third-order valence-electron chi connectivity index (χ3n) is 2.20. The lowest BCUT2D eigenvalue weighted by Crippen LogP contribution is -2.34.